The van der Waals surface area contributed by atoms with E-state index >= 15 is 0 Å². The van der Waals surface area contributed by atoms with Crippen molar-refractivity contribution >= 4 is 67.9 Å². The first kappa shape index (κ1) is 20.8. The lowest BCUT2D eigenvalue weighted by Crippen LogP contribution is -2.14. The average Bonchev–Trinajstić information content (AvgIpc) is 3.35. The van der Waals surface area contributed by atoms with Crippen molar-refractivity contribution in [3.05, 3.63) is 30.1 Å². The molecule has 2 aromatic rings. The van der Waals surface area contributed by atoms with Crippen LogP contribution in [0.25, 0.3) is 0 Å². The first-order chi connectivity index (χ1) is 12.6. The van der Waals surface area contributed by atoms with Gasteiger partial charge in [0.1, 0.15) is 0 Å². The summed E-state index contributed by atoms with van der Waals surface area (Å²) in [4.78, 5) is 23.9. The summed E-state index contributed by atoms with van der Waals surface area (Å²) in [5.74, 6) is 4.78. The number of rotatable bonds is 6. The highest BCUT2D eigenvalue weighted by Gasteiger charge is 2.25. The maximum absolute atomic E-state index is 12.3. The second-order valence-electron chi connectivity index (χ2n) is 6.32. The molecule has 26 heavy (non-hydrogen) atoms. The molecule has 2 aliphatic rings. The number of ketones is 1. The lowest BCUT2D eigenvalue weighted by atomic mass is 9.95. The number of thioether (sulfide) groups is 2. The number of halogens is 1. The van der Waals surface area contributed by atoms with E-state index in [4.69, 9.17) is 0 Å². The van der Waals surface area contributed by atoms with Crippen LogP contribution in [0.2, 0.25) is 0 Å². The molecule has 2 aliphatic heterocycles. The van der Waals surface area contributed by atoms with Gasteiger partial charge in [-0.2, -0.15) is 0 Å². The Morgan fingerprint density at radius 2 is 1.69 bits per heavy atom. The summed E-state index contributed by atoms with van der Waals surface area (Å²) >= 11 is 10.6. The predicted molar refractivity (Wildman–Crippen MR) is 120 cm³/mol. The molecule has 0 saturated carbocycles. The van der Waals surface area contributed by atoms with Gasteiger partial charge in [0, 0.05) is 38.7 Å². The largest absolute Gasteiger partial charge is 0.291 e. The Morgan fingerprint density at radius 1 is 1.04 bits per heavy atom. The zero-order chi connectivity index (χ0) is 18.5. The van der Waals surface area contributed by atoms with Gasteiger partial charge in [0.15, 0.2) is 14.7 Å². The Hall–Kier alpha value is 0.110. The lowest BCUT2D eigenvalue weighted by Gasteiger charge is -2.10. The van der Waals surface area contributed by atoms with Gasteiger partial charge in [-0.1, -0.05) is 26.7 Å². The Bertz CT molecular complexity index is 715. The van der Waals surface area contributed by atoms with Crippen LogP contribution in [0.3, 0.4) is 0 Å². The van der Waals surface area contributed by atoms with E-state index in [2.05, 4.69) is 39.7 Å². The second-order valence-corrected chi connectivity index (χ2v) is 11.7. The molecule has 0 saturated heterocycles. The molecule has 0 aliphatic carbocycles. The summed E-state index contributed by atoms with van der Waals surface area (Å²) in [6.07, 6.45) is 4.27. The Kier molecular flexibility index (Phi) is 8.05. The van der Waals surface area contributed by atoms with Crippen LogP contribution < -0.4 is 0 Å². The number of fused-ring (bicyclic) bond motifs is 2. The molecule has 4 rings (SSSR count). The summed E-state index contributed by atoms with van der Waals surface area (Å²) in [7, 11) is 0. The molecule has 0 aromatic carbocycles. The van der Waals surface area contributed by atoms with Crippen LogP contribution in [0.1, 0.15) is 70.5 Å². The molecule has 4 heterocycles. The lowest BCUT2D eigenvalue weighted by molar-refractivity contribution is 0.0907. The van der Waals surface area contributed by atoms with Crippen molar-refractivity contribution in [2.75, 3.05) is 0 Å². The molecule has 142 valence electrons. The number of hydrogen-bond acceptors (Lipinski definition) is 7. The summed E-state index contributed by atoms with van der Waals surface area (Å²) in [6.45, 7) is 4.28. The van der Waals surface area contributed by atoms with Crippen molar-refractivity contribution in [1.29, 1.82) is 0 Å². The highest BCUT2D eigenvalue weighted by Crippen LogP contribution is 2.36. The fraction of sp³-hybridized carbons (Fsp3) is 0.611. The van der Waals surface area contributed by atoms with Gasteiger partial charge in [-0.15, -0.1) is 46.2 Å². The summed E-state index contributed by atoms with van der Waals surface area (Å²) in [6, 6.07) is 0. The summed E-state index contributed by atoms with van der Waals surface area (Å²) < 4.78 is 1.04. The maximum Gasteiger partial charge on any atom is 0.194 e. The monoisotopic (exact) mass is 490 g/mol. The van der Waals surface area contributed by atoms with Crippen molar-refractivity contribution < 1.29 is 4.79 Å². The summed E-state index contributed by atoms with van der Waals surface area (Å²) in [5.41, 5.74) is 2.45. The van der Waals surface area contributed by atoms with Crippen molar-refractivity contribution in [3.63, 3.8) is 0 Å². The smallest absolute Gasteiger partial charge is 0.194 e. The Balaban J connectivity index is 0.000000181. The first-order valence-corrected chi connectivity index (χ1v) is 13.7. The molecule has 8 heteroatoms. The minimum Gasteiger partial charge on any atom is -0.291 e. The van der Waals surface area contributed by atoms with E-state index in [9.17, 15) is 4.79 Å². The van der Waals surface area contributed by atoms with Crippen molar-refractivity contribution in [3.8, 4) is 0 Å². The van der Waals surface area contributed by atoms with E-state index in [1.165, 1.54) is 21.2 Å². The Morgan fingerprint density at radius 3 is 2.27 bits per heavy atom. The van der Waals surface area contributed by atoms with Gasteiger partial charge in [-0.25, -0.2) is 9.97 Å². The van der Waals surface area contributed by atoms with Crippen LogP contribution in [-0.2, 0) is 23.0 Å². The molecule has 0 bridgehead atoms. The first-order valence-electron chi connectivity index (χ1n) is 8.94. The van der Waals surface area contributed by atoms with Crippen molar-refractivity contribution in [1.82, 2.24) is 9.97 Å². The van der Waals surface area contributed by atoms with Crippen LogP contribution >= 0.6 is 62.1 Å². The molecule has 0 fully saturated rings. The third kappa shape index (κ3) is 5.13. The maximum atomic E-state index is 12.3. The van der Waals surface area contributed by atoms with E-state index in [0.29, 0.717) is 0 Å². The van der Waals surface area contributed by atoms with Gasteiger partial charge in [0.05, 0.1) is 11.4 Å². The van der Waals surface area contributed by atoms with Gasteiger partial charge in [-0.3, -0.25) is 4.79 Å². The van der Waals surface area contributed by atoms with Gasteiger partial charge in [0.2, 0.25) is 0 Å². The molecular weight excluding hydrogens is 468 g/mol. The second kappa shape index (κ2) is 10.0. The van der Waals surface area contributed by atoms with Crippen LogP contribution in [0, 0.1) is 5.92 Å². The topological polar surface area (TPSA) is 42.9 Å². The molecular formula is C18H23BrN2OS4. The standard InChI is InChI=1S/C13H19NOS2.C5H4BrNS2/c1-3-5-6-9(4-2)12(15)13-14-10-7-16-8-11(10)17-13;6-5-7-3-1-8-2-4(3)9-5/h9H,3-8H2,1-2H3;1-2H2. The average molecular weight is 492 g/mol. The fourth-order valence-corrected chi connectivity index (χ4v) is 8.13. The van der Waals surface area contributed by atoms with E-state index in [1.807, 2.05) is 23.5 Å². The third-order valence-electron chi connectivity index (χ3n) is 4.45. The molecule has 2 aromatic heterocycles. The zero-order valence-corrected chi connectivity index (χ0v) is 19.9. The highest BCUT2D eigenvalue weighted by molar-refractivity contribution is 9.11. The van der Waals surface area contributed by atoms with Gasteiger partial charge in [-0.05, 0) is 28.8 Å². The third-order valence-corrected chi connectivity index (χ3v) is 9.42. The number of thiazole rings is 2. The van der Waals surface area contributed by atoms with E-state index in [1.54, 1.807) is 22.7 Å². The number of carbonyl (C=O) groups is 1. The van der Waals surface area contributed by atoms with Crippen molar-refractivity contribution in [2.45, 2.75) is 62.5 Å². The molecule has 0 radical (unpaired) electrons. The number of nitrogens with zero attached hydrogens (tertiary/aromatic N) is 2. The SMILES string of the molecule is Brc1nc2c(s1)CSC2.CCCCC(CC)C(=O)c1nc2c(s1)CSC2. The quantitative estimate of drug-likeness (QED) is 0.410. The van der Waals surface area contributed by atoms with Crippen LogP contribution in [0.15, 0.2) is 3.92 Å². The molecule has 1 atom stereocenters. The highest BCUT2D eigenvalue weighted by atomic mass is 79.9. The van der Waals surface area contributed by atoms with Crippen LogP contribution in [0.5, 0.6) is 0 Å². The van der Waals surface area contributed by atoms with E-state index in [-0.39, 0.29) is 11.7 Å². The minimum absolute atomic E-state index is 0.189. The zero-order valence-electron chi connectivity index (χ0n) is 15.0. The molecule has 0 N–H and O–H groups in total. The molecule has 1 unspecified atom stereocenters. The number of hydrogen-bond donors (Lipinski definition) is 0. The summed E-state index contributed by atoms with van der Waals surface area (Å²) in [5, 5.41) is 0.762. The van der Waals surface area contributed by atoms with E-state index in [0.717, 1.165) is 57.6 Å². The van der Waals surface area contributed by atoms with Crippen molar-refractivity contribution in [2.24, 2.45) is 5.92 Å². The molecule has 3 nitrogen and oxygen atoms in total. The minimum atomic E-state index is 0.189. The van der Waals surface area contributed by atoms with Gasteiger partial charge < -0.3 is 0 Å². The number of aromatic nitrogens is 2. The molecule has 0 amide bonds. The van der Waals surface area contributed by atoms with Crippen LogP contribution in [-0.4, -0.2) is 15.8 Å². The number of unbranched alkanes of at least 4 members (excludes halogenated alkanes) is 1. The van der Waals surface area contributed by atoms with Gasteiger partial charge >= 0.3 is 0 Å². The Labute approximate surface area is 180 Å². The fourth-order valence-electron chi connectivity index (χ4n) is 2.92. The number of carbonyl (C=O) groups excluding carboxylic acids is 1. The van der Waals surface area contributed by atoms with Crippen LogP contribution in [0.4, 0.5) is 0 Å². The predicted octanol–water partition coefficient (Wildman–Crippen LogP) is 6.94. The van der Waals surface area contributed by atoms with E-state index < -0.39 is 0 Å². The van der Waals surface area contributed by atoms with Gasteiger partial charge in [0.25, 0.3) is 0 Å². The number of Topliss-reactive ketones (excluding diaryl/α,β-unsaturated/α-hetero) is 1. The normalized spacial score (nSPS) is 16.0. The molecule has 0 spiro atoms.